The van der Waals surface area contributed by atoms with Crippen LogP contribution in [0, 0.1) is 6.92 Å². The largest absolute Gasteiger partial charge is 0.493 e. The second-order valence-electron chi connectivity index (χ2n) is 7.74. The quantitative estimate of drug-likeness (QED) is 0.564. The molecule has 2 heterocycles. The molecule has 166 valence electrons. The molecule has 8 heteroatoms. The van der Waals surface area contributed by atoms with Crippen LogP contribution in [0.25, 0.3) is 0 Å². The Balaban J connectivity index is 1.47. The van der Waals surface area contributed by atoms with Gasteiger partial charge in [-0.05, 0) is 43.7 Å². The molecule has 32 heavy (non-hydrogen) atoms. The van der Waals surface area contributed by atoms with E-state index in [1.807, 2.05) is 49.1 Å². The minimum atomic E-state index is -0.0547. The van der Waals surface area contributed by atoms with Crippen molar-refractivity contribution in [3.05, 3.63) is 71.0 Å². The van der Waals surface area contributed by atoms with E-state index >= 15 is 0 Å². The summed E-state index contributed by atoms with van der Waals surface area (Å²) in [6, 6.07) is 14.7. The van der Waals surface area contributed by atoms with E-state index in [-0.39, 0.29) is 11.9 Å². The molecule has 2 aromatic carbocycles. The van der Waals surface area contributed by atoms with Crippen LogP contribution in [0.3, 0.4) is 0 Å². The number of hydrogen-bond acceptors (Lipinski definition) is 6. The first kappa shape index (κ1) is 21.9. The number of nitrogens with zero attached hydrogens (tertiary/aromatic N) is 4. The number of hydrogen-bond donors (Lipinski definition) is 0. The van der Waals surface area contributed by atoms with E-state index in [2.05, 4.69) is 14.9 Å². The molecule has 0 saturated carbocycles. The molecule has 0 aliphatic carbocycles. The number of ether oxygens (including phenoxy) is 2. The van der Waals surface area contributed by atoms with Gasteiger partial charge in [0.2, 0.25) is 5.88 Å². The molecule has 1 aliphatic rings. The molecule has 0 unspecified atom stereocenters. The van der Waals surface area contributed by atoms with Gasteiger partial charge in [0.05, 0.1) is 17.7 Å². The summed E-state index contributed by atoms with van der Waals surface area (Å²) >= 11 is 6.23. The maximum absolute atomic E-state index is 13.0. The van der Waals surface area contributed by atoms with Crippen molar-refractivity contribution >= 4 is 23.3 Å². The third-order valence-corrected chi connectivity index (χ3v) is 5.81. The van der Waals surface area contributed by atoms with Crippen molar-refractivity contribution in [2.75, 3.05) is 31.6 Å². The minimum absolute atomic E-state index is 0.0101. The van der Waals surface area contributed by atoms with Gasteiger partial charge in [-0.3, -0.25) is 4.79 Å². The number of halogens is 1. The number of carbonyl (C=O) groups is 1. The smallest absolute Gasteiger partial charge is 0.255 e. The van der Waals surface area contributed by atoms with Crippen LogP contribution in [0.15, 0.2) is 54.9 Å². The molecule has 0 bridgehead atoms. The highest BCUT2D eigenvalue weighted by Crippen LogP contribution is 2.32. The summed E-state index contributed by atoms with van der Waals surface area (Å²) in [5.74, 6) is 2.36. The highest BCUT2D eigenvalue weighted by molar-refractivity contribution is 6.33. The molecule has 1 amide bonds. The first-order chi connectivity index (χ1) is 15.5. The second-order valence-corrected chi connectivity index (χ2v) is 8.15. The van der Waals surface area contributed by atoms with Gasteiger partial charge in [-0.2, -0.15) is 0 Å². The van der Waals surface area contributed by atoms with Crippen molar-refractivity contribution in [1.82, 2.24) is 14.9 Å². The van der Waals surface area contributed by atoms with Crippen LogP contribution in [0.2, 0.25) is 5.02 Å². The molecule has 3 aromatic rings. The molecule has 1 fully saturated rings. The van der Waals surface area contributed by atoms with Gasteiger partial charge in [-0.25, -0.2) is 9.97 Å². The fraction of sp³-hybridized carbons (Fsp3) is 0.292. The highest BCUT2D eigenvalue weighted by atomic mass is 35.5. The third-order valence-electron chi connectivity index (χ3n) is 5.48. The molecular formula is C24H25ClN4O3. The molecule has 1 aliphatic heterocycles. The van der Waals surface area contributed by atoms with Crippen LogP contribution in [-0.4, -0.2) is 53.6 Å². The van der Waals surface area contributed by atoms with E-state index in [9.17, 15) is 4.79 Å². The predicted molar refractivity (Wildman–Crippen MR) is 124 cm³/mol. The number of amides is 1. The number of anilines is 1. The van der Waals surface area contributed by atoms with Crippen LogP contribution in [0.4, 0.5) is 5.82 Å². The molecule has 1 aromatic heterocycles. The summed E-state index contributed by atoms with van der Waals surface area (Å²) in [4.78, 5) is 25.6. The van der Waals surface area contributed by atoms with Crippen molar-refractivity contribution in [2.45, 2.75) is 19.9 Å². The zero-order valence-electron chi connectivity index (χ0n) is 18.3. The van der Waals surface area contributed by atoms with E-state index in [4.69, 9.17) is 21.1 Å². The van der Waals surface area contributed by atoms with Crippen LogP contribution < -0.4 is 14.4 Å². The molecule has 4 rings (SSSR count). The molecule has 7 nitrogen and oxygen atoms in total. The first-order valence-electron chi connectivity index (χ1n) is 10.4. The Morgan fingerprint density at radius 1 is 1.09 bits per heavy atom. The molecule has 1 atom stereocenters. The Morgan fingerprint density at radius 3 is 2.66 bits per heavy atom. The normalized spacial score (nSPS) is 16.1. The van der Waals surface area contributed by atoms with Gasteiger partial charge in [0.15, 0.2) is 11.5 Å². The van der Waals surface area contributed by atoms with Crippen LogP contribution >= 0.6 is 11.6 Å². The monoisotopic (exact) mass is 452 g/mol. The number of carbonyl (C=O) groups excluding carboxylic acids is 1. The number of aromatic nitrogens is 2. The lowest BCUT2D eigenvalue weighted by molar-refractivity contribution is 0.0674. The van der Waals surface area contributed by atoms with Crippen LogP contribution in [0.1, 0.15) is 22.8 Å². The number of aryl methyl sites for hydroxylation is 1. The maximum Gasteiger partial charge on any atom is 0.255 e. The van der Waals surface area contributed by atoms with Crippen molar-refractivity contribution in [3.8, 4) is 17.4 Å². The van der Waals surface area contributed by atoms with Gasteiger partial charge in [-0.1, -0.05) is 29.8 Å². The topological polar surface area (TPSA) is 67.8 Å². The van der Waals surface area contributed by atoms with Gasteiger partial charge in [0.1, 0.15) is 12.1 Å². The lowest BCUT2D eigenvalue weighted by atomic mass is 10.1. The van der Waals surface area contributed by atoms with Gasteiger partial charge in [0, 0.05) is 31.7 Å². The molecule has 0 N–H and O–H groups in total. The minimum Gasteiger partial charge on any atom is -0.493 e. The zero-order chi connectivity index (χ0) is 22.7. The van der Waals surface area contributed by atoms with E-state index < -0.39 is 0 Å². The summed E-state index contributed by atoms with van der Waals surface area (Å²) in [5, 5.41) is 0.469. The Labute approximate surface area is 192 Å². The van der Waals surface area contributed by atoms with Crippen molar-refractivity contribution < 1.29 is 14.3 Å². The molecular weight excluding hydrogens is 428 g/mol. The second kappa shape index (κ2) is 9.44. The average Bonchev–Trinajstić information content (AvgIpc) is 2.80. The Hall–Kier alpha value is -3.32. The lowest BCUT2D eigenvalue weighted by Crippen LogP contribution is -2.54. The summed E-state index contributed by atoms with van der Waals surface area (Å²) < 4.78 is 11.4. The van der Waals surface area contributed by atoms with Crippen LogP contribution in [0.5, 0.6) is 17.4 Å². The summed E-state index contributed by atoms with van der Waals surface area (Å²) in [6.45, 7) is 5.87. The fourth-order valence-electron chi connectivity index (χ4n) is 3.79. The predicted octanol–water partition coefficient (Wildman–Crippen LogP) is 4.59. The van der Waals surface area contributed by atoms with Gasteiger partial charge < -0.3 is 19.3 Å². The molecule has 1 saturated heterocycles. The Kier molecular flexibility index (Phi) is 6.46. The summed E-state index contributed by atoms with van der Waals surface area (Å²) in [6.07, 6.45) is 1.48. The maximum atomic E-state index is 13.0. The highest BCUT2D eigenvalue weighted by Gasteiger charge is 2.29. The third kappa shape index (κ3) is 4.62. The van der Waals surface area contributed by atoms with Gasteiger partial charge in [0.25, 0.3) is 5.91 Å². The van der Waals surface area contributed by atoms with Crippen molar-refractivity contribution in [3.63, 3.8) is 0 Å². The number of benzene rings is 2. The van der Waals surface area contributed by atoms with E-state index in [0.717, 1.165) is 11.4 Å². The van der Waals surface area contributed by atoms with Crippen LogP contribution in [-0.2, 0) is 0 Å². The zero-order valence-corrected chi connectivity index (χ0v) is 19.0. The van der Waals surface area contributed by atoms with Gasteiger partial charge >= 0.3 is 0 Å². The lowest BCUT2D eigenvalue weighted by Gasteiger charge is -2.40. The molecule has 0 radical (unpaired) electrons. The fourth-order valence-corrected chi connectivity index (χ4v) is 4.00. The standard InChI is InChI=1S/C24H25ClN4O3/c1-16-8-9-20(21(12-16)31-3)32-23-13-22(26-15-27-23)28-10-11-29(17(2)14-28)24(30)18-6-4-5-7-19(18)25/h4-9,12-13,15,17H,10-11,14H2,1-3H3/t17-/m1/s1. The first-order valence-corrected chi connectivity index (χ1v) is 10.8. The molecule has 0 spiro atoms. The van der Waals surface area contributed by atoms with E-state index in [0.29, 0.717) is 47.6 Å². The van der Waals surface area contributed by atoms with E-state index in [1.54, 1.807) is 25.3 Å². The van der Waals surface area contributed by atoms with Crippen molar-refractivity contribution in [2.24, 2.45) is 0 Å². The SMILES string of the molecule is COc1cc(C)ccc1Oc1cc(N2CCN(C(=O)c3ccccc3Cl)[C@H](C)C2)ncn1. The number of piperazine rings is 1. The van der Waals surface area contributed by atoms with Crippen molar-refractivity contribution in [1.29, 1.82) is 0 Å². The average molecular weight is 453 g/mol. The summed E-state index contributed by atoms with van der Waals surface area (Å²) in [5.41, 5.74) is 1.61. The van der Waals surface area contributed by atoms with E-state index in [1.165, 1.54) is 6.33 Å². The number of methoxy groups -OCH3 is 1. The summed E-state index contributed by atoms with van der Waals surface area (Å²) in [7, 11) is 1.61. The Bertz CT molecular complexity index is 1120. The number of rotatable bonds is 5. The Morgan fingerprint density at radius 2 is 1.91 bits per heavy atom. The van der Waals surface area contributed by atoms with Gasteiger partial charge in [-0.15, -0.1) is 0 Å².